The summed E-state index contributed by atoms with van der Waals surface area (Å²) >= 11 is 19.9. The lowest BCUT2D eigenvalue weighted by Crippen LogP contribution is -2.17. The molecule has 1 aromatic heterocycles. The molecule has 0 radical (unpaired) electrons. The smallest absolute Gasteiger partial charge is 0.263 e. The Morgan fingerprint density at radius 3 is 2.67 bits per heavy atom. The highest BCUT2D eigenvalue weighted by Gasteiger charge is 2.22. The number of rotatable bonds is 2. The highest BCUT2D eigenvalue weighted by atomic mass is 35.5. The molecule has 1 fully saturated rings. The molecule has 0 aliphatic carbocycles. The third-order valence-electron chi connectivity index (χ3n) is 2.74. The molecule has 0 unspecified atom stereocenters. The number of carbonyl (C=O) groups excluding carboxylic acids is 1. The molecule has 2 aromatic rings. The van der Waals surface area contributed by atoms with E-state index in [2.05, 4.69) is 5.32 Å². The van der Waals surface area contributed by atoms with Crippen LogP contribution in [0.5, 0.6) is 0 Å². The second-order valence-electron chi connectivity index (χ2n) is 4.18. The van der Waals surface area contributed by atoms with Crippen molar-refractivity contribution in [1.29, 1.82) is 0 Å². The van der Waals surface area contributed by atoms with E-state index in [-0.39, 0.29) is 5.91 Å². The van der Waals surface area contributed by atoms with Crippen LogP contribution in [0.3, 0.4) is 0 Å². The van der Waals surface area contributed by atoms with Crippen LogP contribution >= 0.6 is 58.5 Å². The third-order valence-corrected chi connectivity index (χ3v) is 5.51. The van der Waals surface area contributed by atoms with Crippen LogP contribution in [0.1, 0.15) is 4.88 Å². The van der Waals surface area contributed by atoms with Gasteiger partial charge in [-0.05, 0) is 30.3 Å². The van der Waals surface area contributed by atoms with Gasteiger partial charge in [-0.25, -0.2) is 0 Å². The van der Waals surface area contributed by atoms with Gasteiger partial charge in [-0.2, -0.15) is 0 Å². The number of hydrogen-bond donors (Lipinski definition) is 1. The maximum atomic E-state index is 11.6. The largest absolute Gasteiger partial charge is 0.307 e. The minimum Gasteiger partial charge on any atom is -0.307 e. The molecule has 0 atom stereocenters. The topological polar surface area (TPSA) is 29.1 Å². The summed E-state index contributed by atoms with van der Waals surface area (Å²) in [6.45, 7) is 0. The van der Waals surface area contributed by atoms with E-state index in [0.717, 1.165) is 15.3 Å². The fraction of sp³-hybridized carbons (Fsp3) is 0. The average Bonchev–Trinajstić information content (AvgIpc) is 2.97. The van der Waals surface area contributed by atoms with Crippen molar-refractivity contribution < 1.29 is 4.79 Å². The monoisotopic (exact) mass is 371 g/mol. The van der Waals surface area contributed by atoms with Crippen LogP contribution in [0.25, 0.3) is 16.5 Å². The zero-order valence-corrected chi connectivity index (χ0v) is 14.3. The Morgan fingerprint density at radius 2 is 2.00 bits per heavy atom. The van der Waals surface area contributed by atoms with Gasteiger partial charge >= 0.3 is 0 Å². The first-order valence-electron chi connectivity index (χ1n) is 5.83. The van der Waals surface area contributed by atoms with Crippen molar-refractivity contribution >= 4 is 74.8 Å². The van der Waals surface area contributed by atoms with E-state index in [4.69, 9.17) is 35.4 Å². The number of thiocarbonyl (C=S) groups is 1. The fourth-order valence-corrected chi connectivity index (χ4v) is 4.48. The predicted molar refractivity (Wildman–Crippen MR) is 96.1 cm³/mol. The molecule has 21 heavy (non-hydrogen) atoms. The standard InChI is InChI=1S/C14H7Cl2NOS3/c15-7-1-3-9(10(16)5-7)11-4-2-8(20-11)6-12-13(18)17-14(19)21-12/h1-6H,(H,17,18,19)/b12-6+. The van der Waals surface area contributed by atoms with Gasteiger partial charge in [0.05, 0.1) is 9.93 Å². The lowest BCUT2D eigenvalue weighted by Gasteiger charge is -2.01. The van der Waals surface area contributed by atoms with Crippen LogP contribution in [0.2, 0.25) is 10.0 Å². The van der Waals surface area contributed by atoms with E-state index >= 15 is 0 Å². The molecule has 1 aromatic carbocycles. The number of hydrogen-bond acceptors (Lipinski definition) is 4. The van der Waals surface area contributed by atoms with Crippen LogP contribution in [-0.4, -0.2) is 10.2 Å². The molecule has 2 nitrogen and oxygen atoms in total. The lowest BCUT2D eigenvalue weighted by atomic mass is 10.2. The number of nitrogens with one attached hydrogen (secondary N) is 1. The maximum Gasteiger partial charge on any atom is 0.263 e. The zero-order valence-electron chi connectivity index (χ0n) is 10.4. The molecular formula is C14H7Cl2NOS3. The summed E-state index contributed by atoms with van der Waals surface area (Å²) < 4.78 is 0.490. The molecular weight excluding hydrogens is 365 g/mol. The maximum absolute atomic E-state index is 11.6. The fourth-order valence-electron chi connectivity index (χ4n) is 1.81. The number of benzene rings is 1. The normalized spacial score (nSPS) is 16.6. The number of thiophene rings is 1. The second kappa shape index (κ2) is 6.10. The van der Waals surface area contributed by atoms with Crippen LogP contribution in [0.4, 0.5) is 0 Å². The van der Waals surface area contributed by atoms with Gasteiger partial charge in [0.25, 0.3) is 5.91 Å². The molecule has 1 amide bonds. The number of amides is 1. The Balaban J connectivity index is 1.92. The van der Waals surface area contributed by atoms with Gasteiger partial charge in [0.1, 0.15) is 4.32 Å². The second-order valence-corrected chi connectivity index (χ2v) is 7.86. The van der Waals surface area contributed by atoms with Crippen LogP contribution in [0.15, 0.2) is 35.2 Å². The van der Waals surface area contributed by atoms with Crippen molar-refractivity contribution in [3.05, 3.63) is 50.2 Å². The highest BCUT2D eigenvalue weighted by molar-refractivity contribution is 8.26. The van der Waals surface area contributed by atoms with Crippen molar-refractivity contribution in [3.8, 4) is 10.4 Å². The minimum atomic E-state index is -0.149. The molecule has 1 N–H and O–H groups in total. The Labute approximate surface area is 145 Å². The molecule has 0 bridgehead atoms. The first-order chi connectivity index (χ1) is 10.0. The summed E-state index contributed by atoms with van der Waals surface area (Å²) in [6.07, 6.45) is 1.83. The first-order valence-corrected chi connectivity index (χ1v) is 8.63. The number of thioether (sulfide) groups is 1. The zero-order chi connectivity index (χ0) is 15.0. The third kappa shape index (κ3) is 3.33. The van der Waals surface area contributed by atoms with Gasteiger partial charge in [-0.3, -0.25) is 4.79 Å². The molecule has 7 heteroatoms. The summed E-state index contributed by atoms with van der Waals surface area (Å²) in [7, 11) is 0. The Morgan fingerprint density at radius 1 is 1.19 bits per heavy atom. The van der Waals surface area contributed by atoms with Gasteiger partial charge < -0.3 is 5.32 Å². The first kappa shape index (κ1) is 15.1. The lowest BCUT2D eigenvalue weighted by molar-refractivity contribution is -0.115. The summed E-state index contributed by atoms with van der Waals surface area (Å²) in [5, 5.41) is 3.81. The summed E-state index contributed by atoms with van der Waals surface area (Å²) in [6, 6.07) is 9.34. The van der Waals surface area contributed by atoms with E-state index in [9.17, 15) is 4.79 Å². The Bertz CT molecular complexity index is 782. The van der Waals surface area contributed by atoms with Crippen molar-refractivity contribution in [3.63, 3.8) is 0 Å². The summed E-state index contributed by atoms with van der Waals surface area (Å²) in [4.78, 5) is 14.2. The molecule has 0 saturated carbocycles. The number of carbonyl (C=O) groups is 1. The highest BCUT2D eigenvalue weighted by Crippen LogP contribution is 2.36. The molecule has 106 valence electrons. The van der Waals surface area contributed by atoms with E-state index in [1.807, 2.05) is 24.3 Å². The number of halogens is 2. The van der Waals surface area contributed by atoms with Gasteiger partial charge in [0, 0.05) is 20.3 Å². The Hall–Kier alpha value is -0.850. The van der Waals surface area contributed by atoms with Gasteiger partial charge in [0.2, 0.25) is 0 Å². The SMILES string of the molecule is O=C1NC(=S)S/C1=C/c1ccc(-c2ccc(Cl)cc2Cl)s1. The molecule has 1 aliphatic heterocycles. The van der Waals surface area contributed by atoms with Crippen LogP contribution in [-0.2, 0) is 4.79 Å². The average molecular weight is 372 g/mol. The van der Waals surface area contributed by atoms with Crippen molar-refractivity contribution in [2.45, 2.75) is 0 Å². The molecule has 3 rings (SSSR count). The van der Waals surface area contributed by atoms with Crippen LogP contribution < -0.4 is 5.32 Å². The van der Waals surface area contributed by atoms with Crippen molar-refractivity contribution in [2.75, 3.05) is 0 Å². The Kier molecular flexibility index (Phi) is 4.38. The summed E-state index contributed by atoms with van der Waals surface area (Å²) in [5.41, 5.74) is 0.926. The summed E-state index contributed by atoms with van der Waals surface area (Å²) in [5.74, 6) is -0.149. The van der Waals surface area contributed by atoms with Crippen molar-refractivity contribution in [1.82, 2.24) is 5.32 Å². The predicted octanol–water partition coefficient (Wildman–Crippen LogP) is 5.21. The molecule has 2 heterocycles. The van der Waals surface area contributed by atoms with E-state index < -0.39 is 0 Å². The van der Waals surface area contributed by atoms with Crippen molar-refractivity contribution in [2.24, 2.45) is 0 Å². The van der Waals surface area contributed by atoms with E-state index in [1.54, 1.807) is 23.5 Å². The quantitative estimate of drug-likeness (QED) is 0.580. The van der Waals surface area contributed by atoms with Gasteiger partial charge in [0.15, 0.2) is 0 Å². The van der Waals surface area contributed by atoms with Gasteiger partial charge in [-0.1, -0.05) is 53.2 Å². The molecule has 1 aliphatic rings. The van der Waals surface area contributed by atoms with Gasteiger partial charge in [-0.15, -0.1) is 11.3 Å². The van der Waals surface area contributed by atoms with Crippen LogP contribution in [0, 0.1) is 0 Å². The minimum absolute atomic E-state index is 0.149. The van der Waals surface area contributed by atoms with E-state index in [1.165, 1.54) is 11.8 Å². The molecule has 1 saturated heterocycles. The van der Waals surface area contributed by atoms with E-state index in [0.29, 0.717) is 19.3 Å². The molecule has 0 spiro atoms.